The molecule has 1 aromatic rings. The molecule has 2 N–H and O–H groups in total. The molecule has 2 rings (SSSR count). The molecule has 2 unspecified atom stereocenters. The van der Waals surface area contributed by atoms with Gasteiger partial charge in [0.15, 0.2) is 0 Å². The Morgan fingerprint density at radius 3 is 3.11 bits per heavy atom. The van der Waals surface area contributed by atoms with Crippen LogP contribution in [0.4, 0.5) is 0 Å². The van der Waals surface area contributed by atoms with Crippen molar-refractivity contribution in [3.05, 3.63) is 16.1 Å². The fourth-order valence-corrected chi connectivity index (χ4v) is 3.19. The molecule has 5 heteroatoms. The minimum absolute atomic E-state index is 0.189. The third-order valence-corrected chi connectivity index (χ3v) is 4.27. The number of carbonyl (C=O) groups is 1. The lowest BCUT2D eigenvalue weighted by atomic mass is 9.79. The van der Waals surface area contributed by atoms with E-state index < -0.39 is 5.60 Å². The van der Waals surface area contributed by atoms with Gasteiger partial charge in [-0.2, -0.15) is 0 Å². The van der Waals surface area contributed by atoms with Crippen molar-refractivity contribution in [2.24, 2.45) is 5.92 Å². The number of amides is 1. The first-order valence-electron chi connectivity index (χ1n) is 6.41. The molecule has 4 nitrogen and oxygen atoms in total. The van der Waals surface area contributed by atoms with Gasteiger partial charge >= 0.3 is 0 Å². The van der Waals surface area contributed by atoms with Crippen LogP contribution in [-0.2, 0) is 0 Å². The Kier molecular flexibility index (Phi) is 4.02. The molecule has 0 saturated heterocycles. The van der Waals surface area contributed by atoms with E-state index in [1.54, 1.807) is 5.38 Å². The van der Waals surface area contributed by atoms with Gasteiger partial charge in [0.2, 0.25) is 0 Å². The van der Waals surface area contributed by atoms with E-state index in [0.717, 1.165) is 24.3 Å². The lowest BCUT2D eigenvalue weighted by Gasteiger charge is -2.35. The van der Waals surface area contributed by atoms with Crippen LogP contribution in [0.25, 0.3) is 0 Å². The van der Waals surface area contributed by atoms with Crippen LogP contribution in [0.15, 0.2) is 5.38 Å². The van der Waals surface area contributed by atoms with Gasteiger partial charge in [-0.25, -0.2) is 4.98 Å². The number of aliphatic hydroxyl groups is 1. The zero-order valence-electron chi connectivity index (χ0n) is 10.9. The van der Waals surface area contributed by atoms with Gasteiger partial charge in [0.25, 0.3) is 5.91 Å². The van der Waals surface area contributed by atoms with Crippen molar-refractivity contribution < 1.29 is 9.90 Å². The zero-order valence-corrected chi connectivity index (χ0v) is 11.7. The van der Waals surface area contributed by atoms with E-state index in [1.165, 1.54) is 17.8 Å². The number of thiazole rings is 1. The van der Waals surface area contributed by atoms with Crippen LogP contribution in [0.3, 0.4) is 0 Å². The van der Waals surface area contributed by atoms with Crippen LogP contribution in [0.5, 0.6) is 0 Å². The lowest BCUT2D eigenvalue weighted by Crippen LogP contribution is -2.45. The average molecular weight is 268 g/mol. The van der Waals surface area contributed by atoms with Crippen LogP contribution in [-0.4, -0.2) is 28.1 Å². The standard InChI is InChI=1S/C13H20N2O2S/c1-9-4-3-5-13(17,6-9)8-14-12(16)11-7-18-10(2)15-11/h7,9,17H,3-6,8H2,1-2H3,(H,14,16). The molecule has 0 spiro atoms. The highest BCUT2D eigenvalue weighted by molar-refractivity contribution is 7.09. The predicted octanol–water partition coefficient (Wildman–Crippen LogP) is 2.12. The first-order valence-corrected chi connectivity index (χ1v) is 7.29. The highest BCUT2D eigenvalue weighted by atomic mass is 32.1. The normalized spacial score (nSPS) is 28.1. The van der Waals surface area contributed by atoms with Crippen LogP contribution in [0, 0.1) is 12.8 Å². The van der Waals surface area contributed by atoms with Gasteiger partial charge in [-0.05, 0) is 25.7 Å². The molecule has 1 aliphatic carbocycles. The van der Waals surface area contributed by atoms with Crippen molar-refractivity contribution in [1.82, 2.24) is 10.3 Å². The van der Waals surface area contributed by atoms with Crippen molar-refractivity contribution in [1.29, 1.82) is 0 Å². The summed E-state index contributed by atoms with van der Waals surface area (Å²) in [5.41, 5.74) is -0.289. The molecule has 2 atom stereocenters. The number of nitrogens with zero attached hydrogens (tertiary/aromatic N) is 1. The molecule has 1 aliphatic rings. The highest BCUT2D eigenvalue weighted by Gasteiger charge is 2.33. The molecule has 1 heterocycles. The number of aromatic nitrogens is 1. The summed E-state index contributed by atoms with van der Waals surface area (Å²) in [6.07, 6.45) is 3.74. The largest absolute Gasteiger partial charge is 0.388 e. The third kappa shape index (κ3) is 3.29. The highest BCUT2D eigenvalue weighted by Crippen LogP contribution is 2.31. The molecule has 1 fully saturated rings. The second-order valence-electron chi connectivity index (χ2n) is 5.36. The molecule has 1 aromatic heterocycles. The van der Waals surface area contributed by atoms with Gasteiger partial charge in [-0.1, -0.05) is 19.8 Å². The summed E-state index contributed by atoms with van der Waals surface area (Å²) in [7, 11) is 0. The molecule has 1 saturated carbocycles. The predicted molar refractivity (Wildman–Crippen MR) is 71.8 cm³/mol. The minimum Gasteiger partial charge on any atom is -0.388 e. The molecular weight excluding hydrogens is 248 g/mol. The Morgan fingerprint density at radius 2 is 2.50 bits per heavy atom. The van der Waals surface area contributed by atoms with E-state index in [1.807, 2.05) is 6.92 Å². The Labute approximate surface area is 111 Å². The number of hydrogen-bond donors (Lipinski definition) is 2. The van der Waals surface area contributed by atoms with Gasteiger partial charge < -0.3 is 10.4 Å². The quantitative estimate of drug-likeness (QED) is 0.882. The fraction of sp³-hybridized carbons (Fsp3) is 0.692. The minimum atomic E-state index is -0.738. The third-order valence-electron chi connectivity index (χ3n) is 3.50. The molecule has 0 bridgehead atoms. The second kappa shape index (κ2) is 5.36. The number of hydrogen-bond acceptors (Lipinski definition) is 4. The van der Waals surface area contributed by atoms with E-state index in [4.69, 9.17) is 0 Å². The van der Waals surface area contributed by atoms with Gasteiger partial charge in [0.1, 0.15) is 5.69 Å². The molecular formula is C13H20N2O2S. The van der Waals surface area contributed by atoms with Crippen molar-refractivity contribution in [2.45, 2.75) is 45.1 Å². The van der Waals surface area contributed by atoms with E-state index in [9.17, 15) is 9.90 Å². The smallest absolute Gasteiger partial charge is 0.270 e. The first kappa shape index (κ1) is 13.5. The topological polar surface area (TPSA) is 62.2 Å². The Hall–Kier alpha value is -0.940. The van der Waals surface area contributed by atoms with Crippen LogP contribution < -0.4 is 5.32 Å². The van der Waals surface area contributed by atoms with E-state index in [2.05, 4.69) is 17.2 Å². The lowest BCUT2D eigenvalue weighted by molar-refractivity contribution is -0.0109. The average Bonchev–Trinajstić information content (AvgIpc) is 2.73. The van der Waals surface area contributed by atoms with E-state index >= 15 is 0 Å². The molecule has 1 amide bonds. The maximum Gasteiger partial charge on any atom is 0.270 e. The van der Waals surface area contributed by atoms with Gasteiger partial charge in [-0.15, -0.1) is 11.3 Å². The SMILES string of the molecule is Cc1nc(C(=O)NCC2(O)CCCC(C)C2)cs1. The Morgan fingerprint density at radius 1 is 1.72 bits per heavy atom. The van der Waals surface area contributed by atoms with Crippen molar-refractivity contribution in [3.8, 4) is 0 Å². The number of nitrogens with one attached hydrogen (secondary N) is 1. The summed E-state index contributed by atoms with van der Waals surface area (Å²) in [5, 5.41) is 15.8. The van der Waals surface area contributed by atoms with E-state index in [-0.39, 0.29) is 5.91 Å². The summed E-state index contributed by atoms with van der Waals surface area (Å²) in [4.78, 5) is 16.0. The van der Waals surface area contributed by atoms with E-state index in [0.29, 0.717) is 18.2 Å². The maximum atomic E-state index is 11.8. The monoisotopic (exact) mass is 268 g/mol. The van der Waals surface area contributed by atoms with Crippen LogP contribution >= 0.6 is 11.3 Å². The molecule has 18 heavy (non-hydrogen) atoms. The molecule has 100 valence electrons. The number of carbonyl (C=O) groups excluding carboxylic acids is 1. The molecule has 0 aliphatic heterocycles. The van der Waals surface area contributed by atoms with Gasteiger partial charge in [-0.3, -0.25) is 4.79 Å². The van der Waals surface area contributed by atoms with Crippen LogP contribution in [0.1, 0.15) is 48.1 Å². The fourth-order valence-electron chi connectivity index (χ4n) is 2.60. The summed E-state index contributed by atoms with van der Waals surface area (Å²) >= 11 is 1.46. The molecule has 0 aromatic carbocycles. The summed E-state index contributed by atoms with van der Waals surface area (Å²) in [6, 6.07) is 0. The summed E-state index contributed by atoms with van der Waals surface area (Å²) in [6.45, 7) is 4.35. The summed E-state index contributed by atoms with van der Waals surface area (Å²) < 4.78 is 0. The van der Waals surface area contributed by atoms with Crippen molar-refractivity contribution >= 4 is 17.2 Å². The Balaban J connectivity index is 1.89. The number of aryl methyl sites for hydroxylation is 1. The van der Waals surface area contributed by atoms with Crippen molar-refractivity contribution in [2.75, 3.05) is 6.54 Å². The van der Waals surface area contributed by atoms with Crippen LogP contribution in [0.2, 0.25) is 0 Å². The van der Waals surface area contributed by atoms with Crippen molar-refractivity contribution in [3.63, 3.8) is 0 Å². The number of rotatable bonds is 3. The second-order valence-corrected chi connectivity index (χ2v) is 6.42. The van der Waals surface area contributed by atoms with Gasteiger partial charge in [0.05, 0.1) is 10.6 Å². The Bertz CT molecular complexity index is 432. The first-order chi connectivity index (χ1) is 8.48. The molecule has 0 radical (unpaired) electrons. The maximum absolute atomic E-state index is 11.8. The summed E-state index contributed by atoms with van der Waals surface area (Å²) in [5.74, 6) is 0.341. The zero-order chi connectivity index (χ0) is 13.2. The van der Waals surface area contributed by atoms with Gasteiger partial charge in [0, 0.05) is 11.9 Å².